The zero-order valence-electron chi connectivity index (χ0n) is 18.4. The summed E-state index contributed by atoms with van der Waals surface area (Å²) in [5, 5.41) is 0. The lowest BCUT2D eigenvalue weighted by atomic mass is 10.0. The van der Waals surface area contributed by atoms with E-state index in [-0.39, 0.29) is 0 Å². The average Bonchev–Trinajstić information content (AvgIpc) is 3.24. The van der Waals surface area contributed by atoms with E-state index < -0.39 is 0 Å². The predicted octanol–water partition coefficient (Wildman–Crippen LogP) is 3.23. The van der Waals surface area contributed by atoms with E-state index in [4.69, 9.17) is 4.98 Å². The number of aryl methyl sites for hydroxylation is 2. The first-order valence-electron chi connectivity index (χ1n) is 11.2. The van der Waals surface area contributed by atoms with E-state index in [0.717, 1.165) is 30.6 Å². The summed E-state index contributed by atoms with van der Waals surface area (Å²) >= 11 is 0. The van der Waals surface area contributed by atoms with Gasteiger partial charge in [-0.2, -0.15) is 0 Å². The second-order valence-corrected chi connectivity index (χ2v) is 8.99. The first-order chi connectivity index (χ1) is 14.6. The molecule has 6 heteroatoms. The highest BCUT2D eigenvalue weighted by atomic mass is 15.3. The van der Waals surface area contributed by atoms with E-state index in [0.29, 0.717) is 0 Å². The molecule has 5 heterocycles. The van der Waals surface area contributed by atoms with Crippen molar-refractivity contribution in [3.05, 3.63) is 48.0 Å². The molecular weight excluding hydrogens is 372 g/mol. The van der Waals surface area contributed by atoms with Crippen LogP contribution in [0.5, 0.6) is 0 Å². The van der Waals surface area contributed by atoms with Crippen LogP contribution < -0.4 is 4.90 Å². The zero-order chi connectivity index (χ0) is 20.7. The molecule has 6 nitrogen and oxygen atoms in total. The Hall–Kier alpha value is -2.44. The molecule has 2 aliphatic rings. The van der Waals surface area contributed by atoms with Crippen molar-refractivity contribution in [3.63, 3.8) is 0 Å². The lowest BCUT2D eigenvalue weighted by Crippen LogP contribution is -2.52. The Balaban J connectivity index is 1.29. The molecule has 0 aromatic carbocycles. The van der Waals surface area contributed by atoms with Gasteiger partial charge in [0.25, 0.3) is 0 Å². The number of hydrogen-bond donors (Lipinski definition) is 0. The number of likely N-dealkylation sites (N-methyl/N-ethyl adjacent to an activating group) is 1. The molecule has 0 bridgehead atoms. The van der Waals surface area contributed by atoms with Crippen molar-refractivity contribution in [3.8, 4) is 11.1 Å². The van der Waals surface area contributed by atoms with Crippen LogP contribution in [0.4, 0.5) is 5.82 Å². The SMILES string of the molecule is Cc1cc(-c2cc(C)c3nccn3c2)cnc1N1CCC(N2CCN(C)CC2)CC1. The van der Waals surface area contributed by atoms with Gasteiger partial charge in [-0.1, -0.05) is 0 Å². The molecule has 0 N–H and O–H groups in total. The molecule has 158 valence electrons. The molecular formula is C24H32N6. The van der Waals surface area contributed by atoms with Gasteiger partial charge in [0.15, 0.2) is 0 Å². The van der Waals surface area contributed by atoms with Crippen LogP contribution in [0.25, 0.3) is 16.8 Å². The number of nitrogens with zero attached hydrogens (tertiary/aromatic N) is 6. The van der Waals surface area contributed by atoms with E-state index in [2.05, 4.69) is 63.3 Å². The van der Waals surface area contributed by atoms with Gasteiger partial charge in [-0.25, -0.2) is 9.97 Å². The van der Waals surface area contributed by atoms with Crippen LogP contribution in [-0.4, -0.2) is 76.5 Å². The van der Waals surface area contributed by atoms with Crippen LogP contribution in [0.2, 0.25) is 0 Å². The summed E-state index contributed by atoms with van der Waals surface area (Å²) in [5.74, 6) is 1.15. The molecule has 0 radical (unpaired) electrons. The molecule has 0 unspecified atom stereocenters. The molecule has 3 aromatic heterocycles. The second-order valence-electron chi connectivity index (χ2n) is 8.99. The van der Waals surface area contributed by atoms with Crippen molar-refractivity contribution in [1.82, 2.24) is 24.2 Å². The van der Waals surface area contributed by atoms with E-state index in [1.165, 1.54) is 61.3 Å². The number of imidazole rings is 1. The molecule has 2 aliphatic heterocycles. The van der Waals surface area contributed by atoms with Crippen LogP contribution in [0.15, 0.2) is 36.9 Å². The lowest BCUT2D eigenvalue weighted by Gasteiger charge is -2.42. The summed E-state index contributed by atoms with van der Waals surface area (Å²) in [5.41, 5.74) is 5.82. The Morgan fingerprint density at radius 2 is 1.60 bits per heavy atom. The fourth-order valence-electron chi connectivity index (χ4n) is 5.05. The standard InChI is InChI=1S/C24H32N6/c1-18-14-20(21-15-19(2)23-25-6-9-30(23)17-21)16-26-24(18)29-7-4-22(5-8-29)28-12-10-27(3)11-13-28/h6,9,14-17,22H,4-5,7-8,10-13H2,1-3H3. The van der Waals surface area contributed by atoms with E-state index in [1.54, 1.807) is 0 Å². The Morgan fingerprint density at radius 3 is 2.33 bits per heavy atom. The number of fused-ring (bicyclic) bond motifs is 1. The first-order valence-corrected chi connectivity index (χ1v) is 11.2. The molecule has 0 atom stereocenters. The molecule has 5 rings (SSSR count). The summed E-state index contributed by atoms with van der Waals surface area (Å²) < 4.78 is 2.09. The Labute approximate surface area is 179 Å². The van der Waals surface area contributed by atoms with Gasteiger partial charge in [0.1, 0.15) is 11.5 Å². The maximum Gasteiger partial charge on any atom is 0.139 e. The molecule has 30 heavy (non-hydrogen) atoms. The molecule has 3 aromatic rings. The molecule has 0 spiro atoms. The van der Waals surface area contributed by atoms with Gasteiger partial charge >= 0.3 is 0 Å². The number of pyridine rings is 2. The van der Waals surface area contributed by atoms with E-state index in [1.807, 2.05) is 18.6 Å². The van der Waals surface area contributed by atoms with E-state index >= 15 is 0 Å². The van der Waals surface area contributed by atoms with Gasteiger partial charge in [0.05, 0.1) is 0 Å². The highest BCUT2D eigenvalue weighted by molar-refractivity contribution is 5.68. The van der Waals surface area contributed by atoms with E-state index in [9.17, 15) is 0 Å². The fraction of sp³-hybridized carbons (Fsp3) is 0.500. The van der Waals surface area contributed by atoms with Crippen LogP contribution >= 0.6 is 0 Å². The Bertz CT molecular complexity index is 1030. The van der Waals surface area contributed by atoms with Crippen molar-refractivity contribution in [2.45, 2.75) is 32.7 Å². The van der Waals surface area contributed by atoms with Crippen molar-refractivity contribution in [1.29, 1.82) is 0 Å². The molecule has 0 saturated carbocycles. The summed E-state index contributed by atoms with van der Waals surface area (Å²) in [6.07, 6.45) is 10.5. The summed E-state index contributed by atoms with van der Waals surface area (Å²) in [6, 6.07) is 5.23. The third-order valence-electron chi connectivity index (χ3n) is 6.87. The minimum atomic E-state index is 0.736. The quantitative estimate of drug-likeness (QED) is 0.670. The number of hydrogen-bond acceptors (Lipinski definition) is 5. The van der Waals surface area contributed by atoms with Gasteiger partial charge in [0.2, 0.25) is 0 Å². The number of rotatable bonds is 3. The summed E-state index contributed by atoms with van der Waals surface area (Å²) in [6.45, 7) is 11.3. The van der Waals surface area contributed by atoms with Crippen LogP contribution in [-0.2, 0) is 0 Å². The first kappa shape index (κ1) is 19.5. The second kappa shape index (κ2) is 8.00. The number of piperidine rings is 1. The summed E-state index contributed by atoms with van der Waals surface area (Å²) in [7, 11) is 2.23. The van der Waals surface area contributed by atoms with Crippen molar-refractivity contribution in [2.75, 3.05) is 51.2 Å². The molecule has 0 aliphatic carbocycles. The third-order valence-corrected chi connectivity index (χ3v) is 6.87. The van der Waals surface area contributed by atoms with Gasteiger partial charge < -0.3 is 14.2 Å². The van der Waals surface area contributed by atoms with Gasteiger partial charge in [-0.05, 0) is 57.0 Å². The van der Waals surface area contributed by atoms with Crippen molar-refractivity contribution >= 4 is 11.5 Å². The smallest absolute Gasteiger partial charge is 0.139 e. The van der Waals surface area contributed by atoms with Crippen LogP contribution in [0, 0.1) is 13.8 Å². The zero-order valence-corrected chi connectivity index (χ0v) is 18.4. The Morgan fingerprint density at radius 1 is 0.867 bits per heavy atom. The largest absolute Gasteiger partial charge is 0.356 e. The average molecular weight is 405 g/mol. The third kappa shape index (κ3) is 3.70. The normalized spacial score (nSPS) is 19.6. The Kier molecular flexibility index (Phi) is 5.21. The number of aromatic nitrogens is 3. The molecule has 0 amide bonds. The predicted molar refractivity (Wildman–Crippen MR) is 122 cm³/mol. The minimum Gasteiger partial charge on any atom is -0.356 e. The fourth-order valence-corrected chi connectivity index (χ4v) is 5.05. The number of anilines is 1. The van der Waals surface area contributed by atoms with Gasteiger partial charge in [0, 0.05) is 81.2 Å². The number of piperazine rings is 1. The lowest BCUT2D eigenvalue weighted by molar-refractivity contribution is 0.0981. The van der Waals surface area contributed by atoms with Crippen LogP contribution in [0.1, 0.15) is 24.0 Å². The summed E-state index contributed by atoms with van der Waals surface area (Å²) in [4.78, 5) is 17.0. The molecule has 2 saturated heterocycles. The van der Waals surface area contributed by atoms with Crippen molar-refractivity contribution < 1.29 is 0 Å². The highest BCUT2D eigenvalue weighted by Crippen LogP contribution is 2.28. The van der Waals surface area contributed by atoms with Crippen molar-refractivity contribution in [2.24, 2.45) is 0 Å². The topological polar surface area (TPSA) is 39.9 Å². The highest BCUT2D eigenvalue weighted by Gasteiger charge is 2.27. The minimum absolute atomic E-state index is 0.736. The maximum absolute atomic E-state index is 4.90. The van der Waals surface area contributed by atoms with Gasteiger partial charge in [-0.3, -0.25) is 4.90 Å². The van der Waals surface area contributed by atoms with Crippen LogP contribution in [0.3, 0.4) is 0 Å². The maximum atomic E-state index is 4.90. The monoisotopic (exact) mass is 404 g/mol. The van der Waals surface area contributed by atoms with Gasteiger partial charge in [-0.15, -0.1) is 0 Å². The molecule has 2 fully saturated rings.